The van der Waals surface area contributed by atoms with Crippen LogP contribution in [0.2, 0.25) is 0 Å². The molecule has 15 heteroatoms. The molecular weight excluding hydrogens is 721 g/mol. The van der Waals surface area contributed by atoms with Crippen LogP contribution in [0, 0.1) is 12.3 Å². The number of ether oxygens (including phenoxy) is 2. The smallest absolute Gasteiger partial charge is 0.425 e. The number of carbonyl (C=O) groups excluding carboxylic acids is 2. The Morgan fingerprint density at radius 3 is 2.51 bits per heavy atom. The third-order valence-electron chi connectivity index (χ3n) is 9.90. The van der Waals surface area contributed by atoms with Gasteiger partial charge in [0.2, 0.25) is 5.60 Å². The van der Waals surface area contributed by atoms with Gasteiger partial charge in [-0.25, -0.2) is 8.78 Å². The number of halogens is 5. The minimum Gasteiger partial charge on any atom is -0.493 e. The summed E-state index contributed by atoms with van der Waals surface area (Å²) in [6, 6.07) is 8.01. The van der Waals surface area contributed by atoms with Crippen LogP contribution in [0.25, 0.3) is 0 Å². The molecule has 4 heterocycles. The maximum atomic E-state index is 15.0. The van der Waals surface area contributed by atoms with Crippen molar-refractivity contribution in [2.45, 2.75) is 87.9 Å². The predicted octanol–water partition coefficient (Wildman–Crippen LogP) is 7.76. The van der Waals surface area contributed by atoms with E-state index in [9.17, 15) is 36.3 Å². The van der Waals surface area contributed by atoms with Crippen LogP contribution in [0.15, 0.2) is 54.2 Å². The van der Waals surface area contributed by atoms with E-state index in [1.807, 2.05) is 13.0 Å². The number of thiophene rings is 1. The van der Waals surface area contributed by atoms with Gasteiger partial charge in [-0.15, -0.1) is 17.8 Å². The third kappa shape index (κ3) is 8.43. The molecule has 2 aliphatic heterocycles. The zero-order valence-electron chi connectivity index (χ0n) is 29.0. The van der Waals surface area contributed by atoms with Crippen molar-refractivity contribution < 1.29 is 50.9 Å². The zero-order valence-corrected chi connectivity index (χ0v) is 29.9. The molecule has 2 aliphatic rings. The minimum atomic E-state index is -4.66. The number of rotatable bonds is 13. The summed E-state index contributed by atoms with van der Waals surface area (Å²) in [4.78, 5) is 45.9. The van der Waals surface area contributed by atoms with Gasteiger partial charge in [0.1, 0.15) is 16.4 Å². The van der Waals surface area contributed by atoms with Gasteiger partial charge >= 0.3 is 12.1 Å². The van der Waals surface area contributed by atoms with Gasteiger partial charge in [-0.1, -0.05) is 37.5 Å². The molecule has 9 nitrogen and oxygen atoms in total. The lowest BCUT2D eigenvalue weighted by atomic mass is 9.72. The molecule has 2 fully saturated rings. The molecule has 0 bridgehead atoms. The molecule has 284 valence electrons. The highest BCUT2D eigenvalue weighted by molar-refractivity contribution is 7.10. The molecule has 1 aromatic carbocycles. The molecule has 2 unspecified atom stereocenters. The number of alkyl halides is 5. The molecule has 3 aromatic rings. The molecule has 0 radical (unpaired) electrons. The number of carboxylic acids is 1. The number of aromatic nitrogens is 1. The number of amides is 2. The van der Waals surface area contributed by atoms with Crippen molar-refractivity contribution in [3.8, 4) is 23.8 Å². The van der Waals surface area contributed by atoms with Gasteiger partial charge in [-0.3, -0.25) is 19.4 Å². The Bertz CT molecular complexity index is 1820. The topological polar surface area (TPSA) is 109 Å². The van der Waals surface area contributed by atoms with E-state index in [1.54, 1.807) is 23.1 Å². The number of nitrogens with zero attached hydrogens (tertiary/aromatic N) is 3. The second-order valence-electron chi connectivity index (χ2n) is 13.2. The monoisotopic (exact) mass is 761 g/mol. The van der Waals surface area contributed by atoms with Crippen LogP contribution in [0.1, 0.15) is 91.1 Å². The lowest BCUT2D eigenvalue weighted by Gasteiger charge is -2.51. The summed E-state index contributed by atoms with van der Waals surface area (Å²) in [5, 5.41) is 10.2. The molecule has 53 heavy (non-hydrogen) atoms. The first kappa shape index (κ1) is 39.5. The minimum absolute atomic E-state index is 0.0516. The van der Waals surface area contributed by atoms with Crippen molar-refractivity contribution in [1.29, 1.82) is 0 Å². The highest BCUT2D eigenvalue weighted by Gasteiger charge is 2.56. The van der Waals surface area contributed by atoms with E-state index in [2.05, 4.69) is 10.9 Å². The van der Waals surface area contributed by atoms with Gasteiger partial charge < -0.3 is 24.4 Å². The Kier molecular flexibility index (Phi) is 12.3. The molecule has 2 atom stereocenters. The number of likely N-dealkylation sites (tertiary alicyclic amines) is 2. The molecular formula is C38H40F5N3O6S. The Morgan fingerprint density at radius 1 is 1.13 bits per heavy atom. The van der Waals surface area contributed by atoms with E-state index in [0.717, 1.165) is 24.5 Å². The molecule has 1 N–H and O–H groups in total. The maximum Gasteiger partial charge on any atom is 0.425 e. The Balaban J connectivity index is 1.49. The summed E-state index contributed by atoms with van der Waals surface area (Å²) in [6.45, 7) is 2.32. The van der Waals surface area contributed by atoms with Crippen molar-refractivity contribution in [3.63, 3.8) is 0 Å². The second-order valence-corrected chi connectivity index (χ2v) is 14.1. The van der Waals surface area contributed by atoms with Crippen LogP contribution < -0.4 is 9.47 Å². The molecule has 2 amide bonds. The first-order valence-electron chi connectivity index (χ1n) is 17.4. The third-order valence-corrected chi connectivity index (χ3v) is 10.9. The van der Waals surface area contributed by atoms with Gasteiger partial charge in [0.05, 0.1) is 23.6 Å². The largest absolute Gasteiger partial charge is 0.493 e. The summed E-state index contributed by atoms with van der Waals surface area (Å²) >= 11 is 0.415. The first-order chi connectivity index (χ1) is 25.3. The van der Waals surface area contributed by atoms with Crippen molar-refractivity contribution in [1.82, 2.24) is 14.8 Å². The van der Waals surface area contributed by atoms with Crippen LogP contribution in [-0.2, 0) is 21.2 Å². The SMILES string of the molecule is C#CC1(c2ccccc2OCCCC(=O)O)CCN(C(=O)C2(Oc3csc(C(F)(F)F)c3)CCCN(C(=O)c3cnccc3C(F)F)C2CCC)CC1. The highest BCUT2D eigenvalue weighted by atomic mass is 32.1. The number of piperidine rings is 2. The lowest BCUT2D eigenvalue weighted by Crippen LogP contribution is -2.68. The zero-order chi connectivity index (χ0) is 38.4. The fourth-order valence-electron chi connectivity index (χ4n) is 7.31. The number of hydrogen-bond acceptors (Lipinski definition) is 7. The lowest BCUT2D eigenvalue weighted by molar-refractivity contribution is -0.160. The second kappa shape index (κ2) is 16.5. The summed E-state index contributed by atoms with van der Waals surface area (Å²) in [7, 11) is 0. The average Bonchev–Trinajstić information content (AvgIpc) is 3.63. The van der Waals surface area contributed by atoms with E-state index < -0.39 is 57.9 Å². The van der Waals surface area contributed by atoms with Crippen LogP contribution in [0.3, 0.4) is 0 Å². The summed E-state index contributed by atoms with van der Waals surface area (Å²) in [5.41, 5.74) is -2.88. The van der Waals surface area contributed by atoms with E-state index in [4.69, 9.17) is 21.0 Å². The number of carbonyl (C=O) groups is 3. The summed E-state index contributed by atoms with van der Waals surface area (Å²) in [6.07, 6.45) is 2.39. The van der Waals surface area contributed by atoms with Gasteiger partial charge in [-0.05, 0) is 44.2 Å². The van der Waals surface area contributed by atoms with Crippen molar-refractivity contribution in [3.05, 3.63) is 75.7 Å². The fourth-order valence-corrected chi connectivity index (χ4v) is 7.99. The van der Waals surface area contributed by atoms with Gasteiger partial charge in [0, 0.05) is 67.4 Å². The van der Waals surface area contributed by atoms with Crippen molar-refractivity contribution in [2.24, 2.45) is 0 Å². The van der Waals surface area contributed by atoms with Gasteiger partial charge in [0.25, 0.3) is 18.2 Å². The Labute approximate surface area is 308 Å². The number of aliphatic carboxylic acids is 1. The molecule has 0 aliphatic carbocycles. The normalized spacial score (nSPS) is 20.2. The Hall–Kier alpha value is -4.71. The van der Waals surface area contributed by atoms with E-state index in [0.29, 0.717) is 29.1 Å². The summed E-state index contributed by atoms with van der Waals surface area (Å²) < 4.78 is 81.5. The first-order valence-corrected chi connectivity index (χ1v) is 18.2. The fraction of sp³-hybridized carbons (Fsp3) is 0.474. The number of pyridine rings is 1. The maximum absolute atomic E-state index is 15.0. The highest BCUT2D eigenvalue weighted by Crippen LogP contribution is 2.45. The molecule has 2 saturated heterocycles. The van der Waals surface area contributed by atoms with E-state index in [1.165, 1.54) is 10.3 Å². The van der Waals surface area contributed by atoms with Crippen LogP contribution in [0.4, 0.5) is 22.0 Å². The van der Waals surface area contributed by atoms with Crippen LogP contribution in [-0.4, -0.2) is 75.6 Å². The standard InChI is InChI=1S/C38H40F5N3O6S/c1-3-9-30-37(52-25-22-31(53-24-25)38(41,42)43,14-8-18-46(30)34(49)27-23-44-17-13-26(27)33(39)40)35(50)45-19-15-36(4-2,16-20-45)28-10-5-6-11-29(28)51-21-7-12-32(47)48/h2,5-6,10-11,13,17,22-24,30,33H,3,7-9,12,14-16,18-21H2,1H3,(H,47,48). The average molecular weight is 762 g/mol. The number of para-hydroxylation sites is 1. The van der Waals surface area contributed by atoms with Crippen LogP contribution in [0.5, 0.6) is 11.5 Å². The molecule has 5 rings (SSSR count). The summed E-state index contributed by atoms with van der Waals surface area (Å²) in [5.74, 6) is 0.944. The number of hydrogen-bond donors (Lipinski definition) is 1. The van der Waals surface area contributed by atoms with Crippen molar-refractivity contribution >= 4 is 29.1 Å². The van der Waals surface area contributed by atoms with Gasteiger partial charge in [0.15, 0.2) is 0 Å². The Morgan fingerprint density at radius 2 is 1.87 bits per heavy atom. The van der Waals surface area contributed by atoms with E-state index in [-0.39, 0.29) is 82.5 Å². The van der Waals surface area contributed by atoms with E-state index >= 15 is 0 Å². The van der Waals surface area contributed by atoms with Crippen molar-refractivity contribution in [2.75, 3.05) is 26.2 Å². The number of carboxylic acid groups (broad SMARTS) is 1. The molecule has 0 saturated carbocycles. The van der Waals surface area contributed by atoms with Crippen LogP contribution >= 0.6 is 11.3 Å². The number of terminal acetylenes is 1. The quantitative estimate of drug-likeness (QED) is 0.108. The van der Waals surface area contributed by atoms with Gasteiger partial charge in [-0.2, -0.15) is 13.2 Å². The molecule has 0 spiro atoms. The molecule has 2 aromatic heterocycles. The predicted molar refractivity (Wildman–Crippen MR) is 186 cm³/mol. The number of benzene rings is 1.